The number of ether oxygens (including phenoxy) is 1. The van der Waals surface area contributed by atoms with Crippen LogP contribution in [0.5, 0.6) is 0 Å². The first-order chi connectivity index (χ1) is 17.0. The number of amides is 3. The van der Waals surface area contributed by atoms with Crippen LogP contribution in [0.15, 0.2) is 30.3 Å². The normalized spacial score (nSPS) is 23.8. The van der Waals surface area contributed by atoms with Crippen LogP contribution < -0.4 is 5.32 Å². The quantitative estimate of drug-likeness (QED) is 0.618. The van der Waals surface area contributed by atoms with Crippen molar-refractivity contribution in [2.75, 3.05) is 19.6 Å². The van der Waals surface area contributed by atoms with Crippen LogP contribution in [-0.4, -0.2) is 70.1 Å². The first-order valence-electron chi connectivity index (χ1n) is 13.2. The Hall–Kier alpha value is -2.61. The summed E-state index contributed by atoms with van der Waals surface area (Å²) in [4.78, 5) is 43.2. The van der Waals surface area contributed by atoms with Crippen LogP contribution in [0.25, 0.3) is 0 Å². The number of piperidine rings is 1. The molecule has 35 heavy (non-hydrogen) atoms. The second-order valence-electron chi connectivity index (χ2n) is 10.2. The summed E-state index contributed by atoms with van der Waals surface area (Å²) in [6.07, 6.45) is 6.18. The van der Waals surface area contributed by atoms with Gasteiger partial charge in [-0.25, -0.2) is 4.79 Å². The van der Waals surface area contributed by atoms with Gasteiger partial charge in [0.15, 0.2) is 0 Å². The molecule has 2 N–H and O–H groups in total. The lowest BCUT2D eigenvalue weighted by atomic mass is 9.78. The van der Waals surface area contributed by atoms with Crippen molar-refractivity contribution in [1.82, 2.24) is 15.1 Å². The van der Waals surface area contributed by atoms with Crippen LogP contribution in [0.2, 0.25) is 0 Å². The van der Waals surface area contributed by atoms with Crippen molar-refractivity contribution >= 4 is 17.9 Å². The molecule has 0 aromatic heterocycles. The number of hydrogen-bond acceptors (Lipinski definition) is 5. The van der Waals surface area contributed by atoms with E-state index < -0.39 is 23.8 Å². The van der Waals surface area contributed by atoms with Crippen molar-refractivity contribution in [3.05, 3.63) is 35.9 Å². The Morgan fingerprint density at radius 1 is 1.14 bits per heavy atom. The van der Waals surface area contributed by atoms with Gasteiger partial charge in [0.05, 0.1) is 6.10 Å². The van der Waals surface area contributed by atoms with Crippen LogP contribution in [0.1, 0.15) is 70.3 Å². The van der Waals surface area contributed by atoms with E-state index in [0.29, 0.717) is 32.5 Å². The van der Waals surface area contributed by atoms with Crippen LogP contribution >= 0.6 is 0 Å². The molecule has 8 heteroatoms. The number of nitrogens with one attached hydrogen (secondary N) is 1. The zero-order chi connectivity index (χ0) is 24.8. The summed E-state index contributed by atoms with van der Waals surface area (Å²) in [6, 6.07) is 8.63. The number of hydrogen-bond donors (Lipinski definition) is 2. The molecule has 4 rings (SSSR count). The third-order valence-corrected chi connectivity index (χ3v) is 8.02. The number of likely N-dealkylation sites (tertiary alicyclic amines) is 1. The largest absolute Gasteiger partial charge is 0.445 e. The van der Waals surface area contributed by atoms with Crippen molar-refractivity contribution in [2.45, 2.75) is 89.0 Å². The Bertz CT molecular complexity index is 878. The summed E-state index contributed by atoms with van der Waals surface area (Å²) >= 11 is 0. The summed E-state index contributed by atoms with van der Waals surface area (Å²) in [5.41, 5.74) is -0.0643. The number of aliphatic hydroxyl groups excluding tert-OH is 1. The van der Waals surface area contributed by atoms with Gasteiger partial charge in [0, 0.05) is 19.6 Å². The van der Waals surface area contributed by atoms with E-state index in [-0.39, 0.29) is 24.3 Å². The van der Waals surface area contributed by atoms with E-state index in [1.807, 2.05) is 30.3 Å². The van der Waals surface area contributed by atoms with Crippen molar-refractivity contribution in [2.24, 2.45) is 5.92 Å². The van der Waals surface area contributed by atoms with Gasteiger partial charge in [-0.3, -0.25) is 9.59 Å². The summed E-state index contributed by atoms with van der Waals surface area (Å²) in [7, 11) is 0. The second-order valence-corrected chi connectivity index (χ2v) is 10.2. The zero-order valence-corrected chi connectivity index (χ0v) is 20.8. The highest BCUT2D eigenvalue weighted by molar-refractivity contribution is 6.00. The van der Waals surface area contributed by atoms with E-state index >= 15 is 0 Å². The third kappa shape index (κ3) is 5.47. The molecule has 2 heterocycles. The first kappa shape index (κ1) is 25.5. The minimum atomic E-state index is -0.981. The number of carbonyl (C=O) groups excluding carboxylic acids is 3. The molecule has 1 aliphatic carbocycles. The fourth-order valence-corrected chi connectivity index (χ4v) is 5.83. The molecule has 0 radical (unpaired) electrons. The maximum absolute atomic E-state index is 13.7. The fourth-order valence-electron chi connectivity index (χ4n) is 5.83. The zero-order valence-electron chi connectivity index (χ0n) is 20.8. The number of carbonyl (C=O) groups is 3. The van der Waals surface area contributed by atoms with E-state index in [1.165, 1.54) is 0 Å². The molecule has 3 fully saturated rings. The van der Waals surface area contributed by atoms with E-state index in [0.717, 1.165) is 50.5 Å². The summed E-state index contributed by atoms with van der Waals surface area (Å²) in [5.74, 6) is -0.345. The number of rotatable bonds is 7. The molecule has 2 aliphatic heterocycles. The average Bonchev–Trinajstić information content (AvgIpc) is 2.90. The molecule has 3 aliphatic rings. The monoisotopic (exact) mass is 485 g/mol. The van der Waals surface area contributed by atoms with E-state index in [9.17, 15) is 19.5 Å². The van der Waals surface area contributed by atoms with Gasteiger partial charge in [-0.05, 0) is 43.6 Å². The highest BCUT2D eigenvalue weighted by Crippen LogP contribution is 2.36. The molecule has 1 spiro atoms. The topological polar surface area (TPSA) is 99.2 Å². The van der Waals surface area contributed by atoms with E-state index in [4.69, 9.17) is 4.74 Å². The molecular formula is C27H39N3O5. The van der Waals surface area contributed by atoms with Gasteiger partial charge in [-0.1, -0.05) is 62.9 Å². The predicted molar refractivity (Wildman–Crippen MR) is 131 cm³/mol. The molecule has 2 saturated heterocycles. The fraction of sp³-hybridized carbons (Fsp3) is 0.667. The van der Waals surface area contributed by atoms with Crippen LogP contribution in [-0.2, 0) is 20.9 Å². The van der Waals surface area contributed by atoms with E-state index in [1.54, 1.807) is 9.80 Å². The minimum absolute atomic E-state index is 0.0429. The van der Waals surface area contributed by atoms with Crippen molar-refractivity contribution in [3.63, 3.8) is 0 Å². The van der Waals surface area contributed by atoms with Gasteiger partial charge in [0.1, 0.15) is 18.2 Å². The standard InChI is InChI=1S/C27H39N3O5/c1-2-3-16-30-24(32)22(23(31)21-12-8-5-9-13-21)28-25(33)27(30)14-17-29(18-15-27)26(34)35-19-20-10-6-4-7-11-20/h4,6-7,10-11,21-23,31H,2-3,5,8-9,12-19H2,1H3,(H,28,33)/t22-,23-/m1/s1. The molecule has 1 aromatic carbocycles. The predicted octanol–water partition coefficient (Wildman–Crippen LogP) is 3.23. The van der Waals surface area contributed by atoms with Crippen LogP contribution in [0, 0.1) is 5.92 Å². The molecule has 192 valence electrons. The van der Waals surface area contributed by atoms with Crippen molar-refractivity contribution in [3.8, 4) is 0 Å². The van der Waals surface area contributed by atoms with Gasteiger partial charge >= 0.3 is 6.09 Å². The van der Waals surface area contributed by atoms with Gasteiger partial charge in [-0.15, -0.1) is 0 Å². The summed E-state index contributed by atoms with van der Waals surface area (Å²) < 4.78 is 5.47. The van der Waals surface area contributed by atoms with Crippen molar-refractivity contribution in [1.29, 1.82) is 0 Å². The van der Waals surface area contributed by atoms with Gasteiger partial charge in [0.2, 0.25) is 11.8 Å². The highest BCUT2D eigenvalue weighted by Gasteiger charge is 2.55. The Balaban J connectivity index is 1.42. The highest BCUT2D eigenvalue weighted by atomic mass is 16.6. The summed E-state index contributed by atoms with van der Waals surface area (Å²) in [5, 5.41) is 14.0. The average molecular weight is 486 g/mol. The Morgan fingerprint density at radius 2 is 1.83 bits per heavy atom. The van der Waals surface area contributed by atoms with Crippen molar-refractivity contribution < 1.29 is 24.2 Å². The van der Waals surface area contributed by atoms with Gasteiger partial charge < -0.3 is 25.0 Å². The smallest absolute Gasteiger partial charge is 0.410 e. The van der Waals surface area contributed by atoms with E-state index in [2.05, 4.69) is 12.2 Å². The molecule has 8 nitrogen and oxygen atoms in total. The SMILES string of the molecule is CCCCN1C(=O)[C@@H]([C@H](O)C2CCCCC2)NC(=O)C12CCN(C(=O)OCc1ccccc1)CC2. The molecule has 0 unspecified atom stereocenters. The summed E-state index contributed by atoms with van der Waals surface area (Å²) in [6.45, 7) is 3.42. The molecule has 2 atom stereocenters. The lowest BCUT2D eigenvalue weighted by Gasteiger charge is -2.52. The maximum atomic E-state index is 13.7. The molecule has 3 amide bonds. The number of nitrogens with zero attached hydrogens (tertiary/aromatic N) is 2. The Morgan fingerprint density at radius 3 is 2.49 bits per heavy atom. The number of unbranched alkanes of at least 4 members (excludes halogenated alkanes) is 1. The van der Waals surface area contributed by atoms with Crippen LogP contribution in [0.3, 0.4) is 0 Å². The second kappa shape index (κ2) is 11.4. The molecule has 1 saturated carbocycles. The number of piperazine rings is 1. The molecular weight excluding hydrogens is 446 g/mol. The molecule has 0 bridgehead atoms. The Labute approximate surface area is 208 Å². The lowest BCUT2D eigenvalue weighted by Crippen LogP contribution is -2.75. The number of aliphatic hydroxyl groups is 1. The molecule has 1 aromatic rings. The maximum Gasteiger partial charge on any atom is 0.410 e. The lowest BCUT2D eigenvalue weighted by molar-refractivity contribution is -0.165. The first-order valence-corrected chi connectivity index (χ1v) is 13.2. The van der Waals surface area contributed by atoms with Gasteiger partial charge in [0.25, 0.3) is 0 Å². The third-order valence-electron chi connectivity index (χ3n) is 8.02. The minimum Gasteiger partial charge on any atom is -0.445 e. The number of benzene rings is 1. The van der Waals surface area contributed by atoms with Crippen LogP contribution in [0.4, 0.5) is 4.79 Å². The Kier molecular flexibility index (Phi) is 8.31. The van der Waals surface area contributed by atoms with Gasteiger partial charge in [-0.2, -0.15) is 0 Å².